The van der Waals surface area contributed by atoms with Gasteiger partial charge < -0.3 is 20.5 Å². The molecule has 2 aliphatic heterocycles. The van der Waals surface area contributed by atoms with Crippen molar-refractivity contribution in [2.45, 2.75) is 12.3 Å². The number of rotatable bonds is 1. The van der Waals surface area contributed by atoms with Crippen molar-refractivity contribution < 1.29 is 19.1 Å². The molecule has 3 heterocycles. The van der Waals surface area contributed by atoms with Gasteiger partial charge in [-0.15, -0.1) is 0 Å². The average molecular weight is 304 g/mol. The molecule has 1 aromatic heterocycles. The van der Waals surface area contributed by atoms with Gasteiger partial charge in [-0.2, -0.15) is 0 Å². The number of hydrogen-bond acceptors (Lipinski definition) is 8. The molecule has 2 aliphatic rings. The molecule has 3 rings (SSSR count). The Morgan fingerprint density at radius 1 is 1.23 bits per heavy atom. The predicted molar refractivity (Wildman–Crippen MR) is 77.5 cm³/mol. The first-order chi connectivity index (χ1) is 10.6. The van der Waals surface area contributed by atoms with E-state index in [1.165, 1.54) is 0 Å². The van der Waals surface area contributed by atoms with E-state index in [-0.39, 0.29) is 6.54 Å². The van der Waals surface area contributed by atoms with Crippen LogP contribution in [0.5, 0.6) is 0 Å². The maximum absolute atomic E-state index is 11.8. The van der Waals surface area contributed by atoms with Crippen LogP contribution in [0.2, 0.25) is 0 Å². The Balaban J connectivity index is 2.01. The van der Waals surface area contributed by atoms with Crippen LogP contribution < -0.4 is 16.0 Å². The summed E-state index contributed by atoms with van der Waals surface area (Å²) in [6, 6.07) is 3.38. The first kappa shape index (κ1) is 14.3. The van der Waals surface area contributed by atoms with Crippen LogP contribution in [0.3, 0.4) is 0 Å². The normalized spacial score (nSPS) is 21.0. The van der Waals surface area contributed by atoms with Crippen LogP contribution in [0.1, 0.15) is 6.42 Å². The van der Waals surface area contributed by atoms with Crippen molar-refractivity contribution >= 4 is 23.4 Å². The lowest BCUT2D eigenvalue weighted by Gasteiger charge is -2.40. The molecule has 0 aromatic carbocycles. The minimum absolute atomic E-state index is 0.163. The molecular weight excluding hydrogens is 288 g/mol. The SMILES string of the molecule is Nc1ccc(N2CCCNCC23OC(=O)C=CC(=O)O3)cn1. The van der Waals surface area contributed by atoms with Crippen molar-refractivity contribution in [3.8, 4) is 0 Å². The number of anilines is 2. The quantitative estimate of drug-likeness (QED) is 0.685. The summed E-state index contributed by atoms with van der Waals surface area (Å²) in [6.45, 7) is 1.40. The topological polar surface area (TPSA) is 107 Å². The Morgan fingerprint density at radius 2 is 1.95 bits per heavy atom. The lowest BCUT2D eigenvalue weighted by molar-refractivity contribution is -0.217. The van der Waals surface area contributed by atoms with Gasteiger partial charge in [0.15, 0.2) is 0 Å². The molecule has 3 N–H and O–H groups in total. The first-order valence-electron chi connectivity index (χ1n) is 6.93. The summed E-state index contributed by atoms with van der Waals surface area (Å²) in [5.41, 5.74) is 6.26. The van der Waals surface area contributed by atoms with Gasteiger partial charge in [0, 0.05) is 18.7 Å². The van der Waals surface area contributed by atoms with E-state index < -0.39 is 17.8 Å². The summed E-state index contributed by atoms with van der Waals surface area (Å²) in [4.78, 5) is 29.4. The highest BCUT2D eigenvalue weighted by atomic mass is 16.8. The number of nitrogen functional groups attached to an aromatic ring is 1. The number of nitrogens with zero attached hydrogens (tertiary/aromatic N) is 2. The molecule has 0 saturated carbocycles. The lowest BCUT2D eigenvalue weighted by Crippen LogP contribution is -2.58. The summed E-state index contributed by atoms with van der Waals surface area (Å²) in [5, 5.41) is 3.12. The third-order valence-electron chi connectivity index (χ3n) is 3.45. The van der Waals surface area contributed by atoms with E-state index in [9.17, 15) is 9.59 Å². The number of aromatic nitrogens is 1. The third kappa shape index (κ3) is 2.73. The number of nitrogens with one attached hydrogen (secondary N) is 1. The summed E-state index contributed by atoms with van der Waals surface area (Å²) in [6.07, 6.45) is 4.46. The van der Waals surface area contributed by atoms with Crippen molar-refractivity contribution in [1.29, 1.82) is 0 Å². The number of pyridine rings is 1. The molecular formula is C14H16N4O4. The molecule has 8 nitrogen and oxygen atoms in total. The van der Waals surface area contributed by atoms with Crippen LogP contribution in [-0.4, -0.2) is 42.5 Å². The fourth-order valence-electron chi connectivity index (χ4n) is 2.48. The van der Waals surface area contributed by atoms with Crippen LogP contribution in [0.4, 0.5) is 11.5 Å². The van der Waals surface area contributed by atoms with Crippen LogP contribution in [0, 0.1) is 0 Å². The van der Waals surface area contributed by atoms with Gasteiger partial charge in [-0.25, -0.2) is 14.6 Å². The average Bonchev–Trinajstić information content (AvgIpc) is 2.77. The Bertz CT molecular complexity index is 594. The summed E-state index contributed by atoms with van der Waals surface area (Å²) >= 11 is 0. The number of hydrogen-bond donors (Lipinski definition) is 2. The molecule has 0 bridgehead atoms. The van der Waals surface area contributed by atoms with Crippen molar-refractivity contribution in [3.63, 3.8) is 0 Å². The predicted octanol–water partition coefficient (Wildman–Crippen LogP) is -0.226. The number of esters is 2. The molecule has 0 radical (unpaired) electrons. The highest BCUT2D eigenvalue weighted by Gasteiger charge is 2.46. The van der Waals surface area contributed by atoms with E-state index in [1.54, 1.807) is 23.2 Å². The monoisotopic (exact) mass is 304 g/mol. The van der Waals surface area contributed by atoms with Crippen molar-refractivity contribution in [3.05, 3.63) is 30.5 Å². The molecule has 0 atom stereocenters. The molecule has 0 aliphatic carbocycles. The number of ether oxygens (including phenoxy) is 2. The van der Waals surface area contributed by atoms with Gasteiger partial charge in [0.1, 0.15) is 5.82 Å². The molecule has 22 heavy (non-hydrogen) atoms. The number of carbonyl (C=O) groups is 2. The Morgan fingerprint density at radius 3 is 2.59 bits per heavy atom. The molecule has 1 spiro atoms. The summed E-state index contributed by atoms with van der Waals surface area (Å²) < 4.78 is 10.8. The fraction of sp³-hybridized carbons (Fsp3) is 0.357. The molecule has 116 valence electrons. The van der Waals surface area contributed by atoms with Crippen LogP contribution in [0.15, 0.2) is 30.5 Å². The zero-order valence-electron chi connectivity index (χ0n) is 11.8. The van der Waals surface area contributed by atoms with E-state index >= 15 is 0 Å². The molecule has 0 unspecified atom stereocenters. The largest absolute Gasteiger partial charge is 0.399 e. The minimum atomic E-state index is -1.54. The van der Waals surface area contributed by atoms with Gasteiger partial charge in [0.05, 0.1) is 18.4 Å². The highest BCUT2D eigenvalue weighted by Crippen LogP contribution is 2.29. The van der Waals surface area contributed by atoms with E-state index in [1.807, 2.05) is 0 Å². The maximum atomic E-state index is 11.8. The van der Waals surface area contributed by atoms with Gasteiger partial charge in [-0.1, -0.05) is 0 Å². The smallest absolute Gasteiger partial charge is 0.356 e. The molecule has 8 heteroatoms. The molecule has 1 fully saturated rings. The second kappa shape index (κ2) is 5.64. The highest BCUT2D eigenvalue weighted by molar-refractivity contribution is 5.93. The van der Waals surface area contributed by atoms with E-state index in [0.29, 0.717) is 24.6 Å². The van der Waals surface area contributed by atoms with Crippen molar-refractivity contribution in [2.75, 3.05) is 30.3 Å². The van der Waals surface area contributed by atoms with Gasteiger partial charge in [0.2, 0.25) is 0 Å². The van der Waals surface area contributed by atoms with Crippen molar-refractivity contribution in [1.82, 2.24) is 10.3 Å². The van der Waals surface area contributed by atoms with Crippen molar-refractivity contribution in [2.24, 2.45) is 0 Å². The summed E-state index contributed by atoms with van der Waals surface area (Å²) in [5.74, 6) is -2.43. The molecule has 0 amide bonds. The minimum Gasteiger partial charge on any atom is -0.399 e. The van der Waals surface area contributed by atoms with Crippen LogP contribution in [0.25, 0.3) is 0 Å². The van der Waals surface area contributed by atoms with E-state index in [4.69, 9.17) is 15.2 Å². The Kier molecular flexibility index (Phi) is 3.68. The summed E-state index contributed by atoms with van der Waals surface area (Å²) in [7, 11) is 0. The molecule has 1 saturated heterocycles. The Hall–Kier alpha value is -2.61. The Labute approximate surface area is 126 Å². The number of carbonyl (C=O) groups excluding carboxylic acids is 2. The maximum Gasteiger partial charge on any atom is 0.356 e. The van der Waals surface area contributed by atoms with Gasteiger partial charge in [-0.05, 0) is 25.1 Å². The van der Waals surface area contributed by atoms with Crippen LogP contribution in [-0.2, 0) is 19.1 Å². The first-order valence-corrected chi connectivity index (χ1v) is 6.93. The fourth-order valence-corrected chi connectivity index (χ4v) is 2.48. The second-order valence-electron chi connectivity index (χ2n) is 5.01. The van der Waals surface area contributed by atoms with Gasteiger partial charge in [-0.3, -0.25) is 4.90 Å². The standard InChI is InChI=1S/C14H16N4O4/c15-11-3-2-10(8-17-11)18-7-1-6-16-9-14(18)21-12(19)4-5-13(20)22-14/h2-5,8,16H,1,6-7,9H2,(H2,15,17). The van der Waals surface area contributed by atoms with Crippen LogP contribution >= 0.6 is 0 Å². The zero-order valence-corrected chi connectivity index (χ0v) is 11.8. The van der Waals surface area contributed by atoms with E-state index in [2.05, 4.69) is 10.3 Å². The third-order valence-corrected chi connectivity index (χ3v) is 3.45. The van der Waals surface area contributed by atoms with Gasteiger partial charge >= 0.3 is 17.8 Å². The molecule has 1 aromatic rings. The van der Waals surface area contributed by atoms with E-state index in [0.717, 1.165) is 18.6 Å². The second-order valence-corrected chi connectivity index (χ2v) is 5.01. The zero-order chi connectivity index (χ0) is 15.6. The number of nitrogens with two attached hydrogens (primary N) is 1. The van der Waals surface area contributed by atoms with Gasteiger partial charge in [0.25, 0.3) is 0 Å². The lowest BCUT2D eigenvalue weighted by atomic mass is 10.3.